The van der Waals surface area contributed by atoms with E-state index in [2.05, 4.69) is 24.8 Å². The summed E-state index contributed by atoms with van der Waals surface area (Å²) in [6, 6.07) is 18.2. The lowest BCUT2D eigenvalue weighted by atomic mass is 9.89. The largest absolute Gasteiger partial charge is 0.389 e. The van der Waals surface area contributed by atoms with Crippen LogP contribution in [0.4, 0.5) is 0 Å². The first kappa shape index (κ1) is 19.4. The van der Waals surface area contributed by atoms with E-state index in [1.807, 2.05) is 43.3 Å². The summed E-state index contributed by atoms with van der Waals surface area (Å²) in [4.78, 5) is 0. The average molecular weight is 340 g/mol. The van der Waals surface area contributed by atoms with Crippen molar-refractivity contribution in [2.24, 2.45) is 5.92 Å². The molecule has 0 aromatic heterocycles. The van der Waals surface area contributed by atoms with Crippen LogP contribution in [-0.4, -0.2) is 27.7 Å². The third-order valence-corrected chi connectivity index (χ3v) is 4.60. The fourth-order valence-corrected chi connectivity index (χ4v) is 3.15. The van der Waals surface area contributed by atoms with Gasteiger partial charge >= 0.3 is 0 Å². The Hall–Kier alpha value is -1.94. The number of aliphatic hydroxyl groups excluding tert-OH is 2. The van der Waals surface area contributed by atoms with Gasteiger partial charge in [0.1, 0.15) is 0 Å². The van der Waals surface area contributed by atoms with Gasteiger partial charge in [0.2, 0.25) is 0 Å². The van der Waals surface area contributed by atoms with E-state index in [0.717, 1.165) is 23.1 Å². The van der Waals surface area contributed by atoms with Gasteiger partial charge in [-0.2, -0.15) is 0 Å². The Bertz CT molecular complexity index is 664. The third kappa shape index (κ3) is 5.53. The van der Waals surface area contributed by atoms with Gasteiger partial charge in [-0.15, -0.1) is 0 Å². The van der Waals surface area contributed by atoms with Crippen molar-refractivity contribution in [1.82, 2.24) is 0 Å². The van der Waals surface area contributed by atoms with E-state index in [4.69, 9.17) is 0 Å². The monoisotopic (exact) mass is 340 g/mol. The zero-order valence-electron chi connectivity index (χ0n) is 14.8. The molecule has 0 radical (unpaired) electrons. The molecule has 0 aliphatic rings. The number of rotatable bonds is 9. The molecule has 2 unspecified atom stereocenters. The SMILES string of the molecule is C=C(Cc1ccccc1-c1ccccc1)C(O)CC(CCC)C(O)O. The molecule has 3 N–H and O–H groups in total. The molecule has 0 saturated heterocycles. The molecule has 2 aromatic rings. The van der Waals surface area contributed by atoms with Crippen LogP contribution >= 0.6 is 0 Å². The highest BCUT2D eigenvalue weighted by molar-refractivity contribution is 5.67. The predicted molar refractivity (Wildman–Crippen MR) is 102 cm³/mol. The smallest absolute Gasteiger partial charge is 0.154 e. The van der Waals surface area contributed by atoms with E-state index in [1.165, 1.54) is 0 Å². The average Bonchev–Trinajstić information content (AvgIpc) is 2.62. The van der Waals surface area contributed by atoms with Gasteiger partial charge < -0.3 is 15.3 Å². The van der Waals surface area contributed by atoms with Gasteiger partial charge in [-0.3, -0.25) is 0 Å². The zero-order valence-corrected chi connectivity index (χ0v) is 14.8. The molecular formula is C22H28O3. The van der Waals surface area contributed by atoms with E-state index in [-0.39, 0.29) is 5.92 Å². The molecule has 0 fully saturated rings. The molecule has 0 spiro atoms. The Morgan fingerprint density at radius 1 is 0.960 bits per heavy atom. The number of benzene rings is 2. The van der Waals surface area contributed by atoms with Crippen molar-refractivity contribution in [1.29, 1.82) is 0 Å². The first-order valence-electron chi connectivity index (χ1n) is 8.88. The molecule has 2 rings (SSSR count). The number of hydrogen-bond donors (Lipinski definition) is 3. The Kier molecular flexibility index (Phi) is 7.38. The van der Waals surface area contributed by atoms with Gasteiger partial charge in [-0.05, 0) is 41.5 Å². The van der Waals surface area contributed by atoms with E-state index in [0.29, 0.717) is 24.8 Å². The van der Waals surface area contributed by atoms with Crippen LogP contribution in [0.15, 0.2) is 66.7 Å². The van der Waals surface area contributed by atoms with Crippen LogP contribution in [0.1, 0.15) is 31.7 Å². The maximum atomic E-state index is 10.5. The molecular weight excluding hydrogens is 312 g/mol. The van der Waals surface area contributed by atoms with Crippen molar-refractivity contribution in [2.75, 3.05) is 0 Å². The van der Waals surface area contributed by atoms with Crippen LogP contribution in [-0.2, 0) is 6.42 Å². The molecule has 134 valence electrons. The Morgan fingerprint density at radius 2 is 1.60 bits per heavy atom. The molecule has 25 heavy (non-hydrogen) atoms. The first-order valence-corrected chi connectivity index (χ1v) is 8.88. The summed E-state index contributed by atoms with van der Waals surface area (Å²) < 4.78 is 0. The van der Waals surface area contributed by atoms with E-state index in [1.54, 1.807) is 0 Å². The van der Waals surface area contributed by atoms with Crippen molar-refractivity contribution >= 4 is 0 Å². The lowest BCUT2D eigenvalue weighted by Gasteiger charge is -2.23. The van der Waals surface area contributed by atoms with Crippen LogP contribution in [0, 0.1) is 5.92 Å². The normalized spacial score (nSPS) is 13.6. The minimum absolute atomic E-state index is 0.317. The zero-order chi connectivity index (χ0) is 18.2. The van der Waals surface area contributed by atoms with E-state index >= 15 is 0 Å². The van der Waals surface area contributed by atoms with Gasteiger partial charge in [0.15, 0.2) is 6.29 Å². The van der Waals surface area contributed by atoms with E-state index < -0.39 is 12.4 Å². The summed E-state index contributed by atoms with van der Waals surface area (Å²) in [5.74, 6) is -0.332. The Morgan fingerprint density at radius 3 is 2.24 bits per heavy atom. The molecule has 0 bridgehead atoms. The van der Waals surface area contributed by atoms with Crippen molar-refractivity contribution in [3.05, 3.63) is 72.3 Å². The maximum Gasteiger partial charge on any atom is 0.154 e. The number of aliphatic hydroxyl groups is 3. The molecule has 0 saturated carbocycles. The molecule has 0 amide bonds. The van der Waals surface area contributed by atoms with Crippen molar-refractivity contribution < 1.29 is 15.3 Å². The van der Waals surface area contributed by atoms with Crippen molar-refractivity contribution in [2.45, 2.75) is 45.0 Å². The van der Waals surface area contributed by atoms with Gasteiger partial charge in [-0.1, -0.05) is 74.5 Å². The Labute approximate surface area is 150 Å². The van der Waals surface area contributed by atoms with Crippen LogP contribution < -0.4 is 0 Å². The summed E-state index contributed by atoms with van der Waals surface area (Å²) in [5, 5.41) is 29.4. The van der Waals surface area contributed by atoms with Gasteiger partial charge in [-0.25, -0.2) is 0 Å². The van der Waals surface area contributed by atoms with Crippen LogP contribution in [0.25, 0.3) is 11.1 Å². The predicted octanol–water partition coefficient (Wildman–Crippen LogP) is 3.93. The lowest BCUT2D eigenvalue weighted by molar-refractivity contribution is -0.0948. The van der Waals surface area contributed by atoms with Crippen LogP contribution in [0.3, 0.4) is 0 Å². The molecule has 0 aliphatic carbocycles. The summed E-state index contributed by atoms with van der Waals surface area (Å²) in [7, 11) is 0. The maximum absolute atomic E-state index is 10.5. The molecule has 3 heteroatoms. The highest BCUT2D eigenvalue weighted by Gasteiger charge is 2.22. The van der Waals surface area contributed by atoms with Crippen molar-refractivity contribution in [3.63, 3.8) is 0 Å². The molecule has 2 aromatic carbocycles. The second-order valence-electron chi connectivity index (χ2n) is 6.57. The summed E-state index contributed by atoms with van der Waals surface area (Å²) in [6.07, 6.45) is 0.243. The van der Waals surface area contributed by atoms with Gasteiger partial charge in [0.25, 0.3) is 0 Å². The van der Waals surface area contributed by atoms with Crippen LogP contribution in [0.5, 0.6) is 0 Å². The summed E-state index contributed by atoms with van der Waals surface area (Å²) in [5.41, 5.74) is 4.07. The number of hydrogen-bond acceptors (Lipinski definition) is 3. The molecule has 2 atom stereocenters. The molecule has 0 aliphatic heterocycles. The van der Waals surface area contributed by atoms with Crippen molar-refractivity contribution in [3.8, 4) is 11.1 Å². The highest BCUT2D eigenvalue weighted by Crippen LogP contribution is 2.27. The quantitative estimate of drug-likeness (QED) is 0.479. The second-order valence-corrected chi connectivity index (χ2v) is 6.57. The second kappa shape index (κ2) is 9.52. The third-order valence-electron chi connectivity index (χ3n) is 4.60. The molecule has 0 heterocycles. The van der Waals surface area contributed by atoms with Gasteiger partial charge in [0.05, 0.1) is 6.10 Å². The standard InChI is InChI=1S/C22H28O3/c1-3-9-19(22(24)25)15-21(23)16(2)14-18-12-7-8-13-20(18)17-10-5-4-6-11-17/h4-8,10-13,19,21-25H,2-3,9,14-15H2,1H3. The topological polar surface area (TPSA) is 60.7 Å². The summed E-state index contributed by atoms with van der Waals surface area (Å²) in [6.45, 7) is 6.04. The Balaban J connectivity index is 2.10. The van der Waals surface area contributed by atoms with E-state index in [9.17, 15) is 15.3 Å². The first-order chi connectivity index (χ1) is 12.0. The minimum Gasteiger partial charge on any atom is -0.389 e. The molecule has 3 nitrogen and oxygen atoms in total. The van der Waals surface area contributed by atoms with Gasteiger partial charge in [0, 0.05) is 5.92 Å². The fourth-order valence-electron chi connectivity index (χ4n) is 3.15. The lowest BCUT2D eigenvalue weighted by Crippen LogP contribution is -2.26. The highest BCUT2D eigenvalue weighted by atomic mass is 16.5. The minimum atomic E-state index is -1.40. The fraction of sp³-hybridized carbons (Fsp3) is 0.364. The summed E-state index contributed by atoms with van der Waals surface area (Å²) >= 11 is 0. The van der Waals surface area contributed by atoms with Crippen LogP contribution in [0.2, 0.25) is 0 Å².